The highest BCUT2D eigenvalue weighted by Crippen LogP contribution is 2.37. The quantitative estimate of drug-likeness (QED) is 0.349. The summed E-state index contributed by atoms with van der Waals surface area (Å²) in [6.07, 6.45) is 1.00. The number of aryl methyl sites for hydroxylation is 1. The number of nitrogens with one attached hydrogen (secondary N) is 1. The monoisotopic (exact) mass is 415 g/mol. The molecular formula is C21H25N3O2S2. The Bertz CT molecular complexity index is 1060. The van der Waals surface area contributed by atoms with Gasteiger partial charge in [-0.05, 0) is 29.9 Å². The van der Waals surface area contributed by atoms with Crippen molar-refractivity contribution in [3.63, 3.8) is 0 Å². The van der Waals surface area contributed by atoms with Crippen LogP contribution in [0, 0.1) is 6.92 Å². The number of hydrogen-bond donors (Lipinski definition) is 2. The number of thiophene rings is 1. The average Bonchev–Trinajstić information content (AvgIpc) is 2.94. The third-order valence-corrected chi connectivity index (χ3v) is 6.52. The van der Waals surface area contributed by atoms with Crippen LogP contribution in [0.3, 0.4) is 0 Å². The number of nitrogens with zero attached hydrogens (tertiary/aromatic N) is 1. The lowest BCUT2D eigenvalue weighted by Gasteiger charge is -2.19. The van der Waals surface area contributed by atoms with Crippen LogP contribution in [-0.2, 0) is 10.2 Å². The van der Waals surface area contributed by atoms with Crippen molar-refractivity contribution in [2.45, 2.75) is 51.1 Å². The Balaban J connectivity index is 1.93. The molecule has 148 valence electrons. The second-order valence-corrected chi connectivity index (χ2v) is 10.1. The Morgan fingerprint density at radius 1 is 1.25 bits per heavy atom. The molecule has 1 aromatic carbocycles. The van der Waals surface area contributed by atoms with Gasteiger partial charge in [-0.3, -0.25) is 9.59 Å². The maximum absolute atomic E-state index is 12.8. The minimum atomic E-state index is -0.312. The summed E-state index contributed by atoms with van der Waals surface area (Å²) in [5.41, 5.74) is 8.37. The van der Waals surface area contributed by atoms with Crippen molar-refractivity contribution < 1.29 is 4.79 Å². The molecule has 3 N–H and O–H groups in total. The summed E-state index contributed by atoms with van der Waals surface area (Å²) in [6.45, 7) is 8.58. The molecule has 3 aromatic rings. The number of thioether (sulfide) groups is 1. The molecule has 7 heteroatoms. The van der Waals surface area contributed by atoms with Gasteiger partial charge in [-0.15, -0.1) is 11.3 Å². The van der Waals surface area contributed by atoms with Gasteiger partial charge in [0.25, 0.3) is 5.56 Å². The number of carbonyl (C=O) groups is 1. The molecule has 0 aliphatic carbocycles. The summed E-state index contributed by atoms with van der Waals surface area (Å²) in [5.74, 6) is 0.372. The Morgan fingerprint density at radius 2 is 1.93 bits per heavy atom. The molecular weight excluding hydrogens is 390 g/mol. The first-order valence-electron chi connectivity index (χ1n) is 9.22. The molecule has 0 radical (unpaired) electrons. The number of H-pyrrole nitrogens is 1. The molecule has 0 bridgehead atoms. The van der Waals surface area contributed by atoms with E-state index in [1.165, 1.54) is 28.7 Å². The summed E-state index contributed by atoms with van der Waals surface area (Å²) < 4.78 is 0. The fourth-order valence-corrected chi connectivity index (χ4v) is 4.97. The zero-order valence-corrected chi connectivity index (χ0v) is 18.2. The number of nitrogens with two attached hydrogens (primary N) is 1. The molecule has 2 aromatic heterocycles. The largest absolute Gasteiger partial charge is 0.370 e. The predicted molar refractivity (Wildman–Crippen MR) is 118 cm³/mol. The second kappa shape index (κ2) is 8.09. The van der Waals surface area contributed by atoms with Crippen LogP contribution in [0.4, 0.5) is 0 Å². The molecule has 28 heavy (non-hydrogen) atoms. The number of fused-ring (bicyclic) bond motifs is 1. The Kier molecular flexibility index (Phi) is 5.95. The molecule has 2 heterocycles. The smallest absolute Gasteiger partial charge is 0.260 e. The molecule has 0 saturated heterocycles. The number of hydrogen-bond acceptors (Lipinski definition) is 5. The third-order valence-electron chi connectivity index (χ3n) is 4.56. The average molecular weight is 416 g/mol. The van der Waals surface area contributed by atoms with Crippen LogP contribution in [0.2, 0.25) is 0 Å². The van der Waals surface area contributed by atoms with Gasteiger partial charge in [0.2, 0.25) is 5.91 Å². The van der Waals surface area contributed by atoms with Crippen molar-refractivity contribution in [2.24, 2.45) is 5.73 Å². The number of aromatic amines is 1. The first-order chi connectivity index (χ1) is 13.2. The summed E-state index contributed by atoms with van der Waals surface area (Å²) >= 11 is 2.98. The molecule has 0 saturated carbocycles. The van der Waals surface area contributed by atoms with Gasteiger partial charge in [0, 0.05) is 22.6 Å². The number of rotatable bonds is 6. The lowest BCUT2D eigenvalue weighted by atomic mass is 9.86. The van der Waals surface area contributed by atoms with E-state index >= 15 is 0 Å². The topological polar surface area (TPSA) is 88.8 Å². The van der Waals surface area contributed by atoms with Crippen molar-refractivity contribution in [3.8, 4) is 11.1 Å². The molecule has 0 aliphatic rings. The van der Waals surface area contributed by atoms with E-state index in [2.05, 4.69) is 55.0 Å². The van der Waals surface area contributed by atoms with Crippen LogP contribution < -0.4 is 11.3 Å². The number of benzene rings is 1. The number of primary amides is 1. The molecule has 5 nitrogen and oxygen atoms in total. The lowest BCUT2D eigenvalue weighted by molar-refractivity contribution is -0.118. The van der Waals surface area contributed by atoms with Gasteiger partial charge in [-0.1, -0.05) is 56.8 Å². The van der Waals surface area contributed by atoms with Gasteiger partial charge in [-0.25, -0.2) is 4.98 Å². The second-order valence-electron chi connectivity index (χ2n) is 7.83. The van der Waals surface area contributed by atoms with Gasteiger partial charge >= 0.3 is 0 Å². The maximum atomic E-state index is 12.8. The van der Waals surface area contributed by atoms with Gasteiger partial charge < -0.3 is 10.7 Å². The molecule has 1 amide bonds. The number of aromatic nitrogens is 2. The van der Waals surface area contributed by atoms with Crippen LogP contribution in [-0.4, -0.2) is 21.6 Å². The van der Waals surface area contributed by atoms with Crippen molar-refractivity contribution in [3.05, 3.63) is 45.1 Å². The maximum Gasteiger partial charge on any atom is 0.260 e. The first-order valence-corrected chi connectivity index (χ1v) is 11.0. The van der Waals surface area contributed by atoms with Crippen molar-refractivity contribution in [1.29, 1.82) is 0 Å². The van der Waals surface area contributed by atoms with E-state index in [9.17, 15) is 9.59 Å². The highest BCUT2D eigenvalue weighted by atomic mass is 32.2. The Labute approximate surface area is 172 Å². The molecule has 0 unspecified atom stereocenters. The predicted octanol–water partition coefficient (Wildman–Crippen LogP) is 4.62. The SMILES string of the molecule is Cc1sc2nc(SCCCC(N)=O)[nH]c(=O)c2c1-c1ccc(C(C)(C)C)cc1. The van der Waals surface area contributed by atoms with Crippen LogP contribution in [0.1, 0.15) is 44.1 Å². The number of amides is 1. The van der Waals surface area contributed by atoms with Gasteiger partial charge in [0.05, 0.1) is 5.39 Å². The minimum Gasteiger partial charge on any atom is -0.370 e. The van der Waals surface area contributed by atoms with Crippen LogP contribution in [0.25, 0.3) is 21.3 Å². The molecule has 0 aliphatic heterocycles. The normalized spacial score (nSPS) is 11.9. The molecule has 0 fully saturated rings. The van der Waals surface area contributed by atoms with E-state index in [0.29, 0.717) is 29.1 Å². The minimum absolute atomic E-state index is 0.0873. The fourth-order valence-electron chi connectivity index (χ4n) is 3.07. The van der Waals surface area contributed by atoms with E-state index in [1.54, 1.807) is 0 Å². The highest BCUT2D eigenvalue weighted by Gasteiger charge is 2.18. The summed E-state index contributed by atoms with van der Waals surface area (Å²) in [6, 6.07) is 8.42. The van der Waals surface area contributed by atoms with Gasteiger partial charge in [0.15, 0.2) is 5.16 Å². The van der Waals surface area contributed by atoms with Crippen LogP contribution in [0.15, 0.2) is 34.2 Å². The Morgan fingerprint density at radius 3 is 2.54 bits per heavy atom. The van der Waals surface area contributed by atoms with Gasteiger partial charge in [-0.2, -0.15) is 0 Å². The van der Waals surface area contributed by atoms with E-state index in [1.807, 2.05) is 6.92 Å². The number of carbonyl (C=O) groups excluding carboxylic acids is 1. The third kappa shape index (κ3) is 4.47. The highest BCUT2D eigenvalue weighted by molar-refractivity contribution is 7.99. The van der Waals surface area contributed by atoms with Crippen LogP contribution in [0.5, 0.6) is 0 Å². The molecule has 3 rings (SSSR count). The summed E-state index contributed by atoms with van der Waals surface area (Å²) in [7, 11) is 0. The Hall–Kier alpha value is -2.12. The van der Waals surface area contributed by atoms with Gasteiger partial charge in [0.1, 0.15) is 4.83 Å². The van der Waals surface area contributed by atoms with E-state index in [4.69, 9.17) is 5.73 Å². The molecule has 0 spiro atoms. The van der Waals surface area contributed by atoms with Crippen molar-refractivity contribution in [2.75, 3.05) is 5.75 Å². The first kappa shape index (κ1) is 20.6. The van der Waals surface area contributed by atoms with E-state index in [-0.39, 0.29) is 16.9 Å². The lowest BCUT2D eigenvalue weighted by Crippen LogP contribution is -2.11. The zero-order valence-electron chi connectivity index (χ0n) is 16.6. The zero-order chi connectivity index (χ0) is 20.5. The summed E-state index contributed by atoms with van der Waals surface area (Å²) in [5, 5.41) is 1.23. The molecule has 0 atom stereocenters. The van der Waals surface area contributed by atoms with Crippen molar-refractivity contribution >= 4 is 39.2 Å². The van der Waals surface area contributed by atoms with Crippen molar-refractivity contribution in [1.82, 2.24) is 9.97 Å². The van der Waals surface area contributed by atoms with E-state index < -0.39 is 0 Å². The fraction of sp³-hybridized carbons (Fsp3) is 0.381. The standard InChI is InChI=1S/C21H25N3O2S2/c1-12-16(13-7-9-14(10-8-13)21(2,3)4)17-18(26)23-20(24-19(17)28-12)27-11-5-6-15(22)25/h7-10H,5-6,11H2,1-4H3,(H2,22,25)(H,23,24,26). The van der Waals surface area contributed by atoms with E-state index in [0.717, 1.165) is 20.8 Å². The van der Waals surface area contributed by atoms with Crippen LogP contribution >= 0.6 is 23.1 Å². The summed E-state index contributed by atoms with van der Waals surface area (Å²) in [4.78, 5) is 33.0.